The van der Waals surface area contributed by atoms with Crippen molar-refractivity contribution >= 4 is 17.5 Å². The topological polar surface area (TPSA) is 93.1 Å². The first-order valence-corrected chi connectivity index (χ1v) is 10.6. The van der Waals surface area contributed by atoms with Gasteiger partial charge in [0.15, 0.2) is 0 Å². The number of carbonyl (C=O) groups is 2. The summed E-state index contributed by atoms with van der Waals surface area (Å²) in [4.78, 5) is 29.6. The Labute approximate surface area is 172 Å². The van der Waals surface area contributed by atoms with E-state index in [1.807, 2.05) is 36.9 Å². The first kappa shape index (κ1) is 21.6. The Balaban J connectivity index is 1.65. The highest BCUT2D eigenvalue weighted by Gasteiger charge is 2.46. The smallest absolute Gasteiger partial charge is 0.247 e. The summed E-state index contributed by atoms with van der Waals surface area (Å²) in [6, 6.07) is 10.1. The second-order valence-corrected chi connectivity index (χ2v) is 8.90. The molecule has 1 aliphatic heterocycles. The zero-order chi connectivity index (χ0) is 21.0. The SMILES string of the molecule is CC(C)CC1(O)CCC(C(=O)N2CCN(c3ccccc3)CC2)C(C(=O)NO)C1. The predicted molar refractivity (Wildman–Crippen MR) is 110 cm³/mol. The van der Waals surface area contributed by atoms with E-state index < -0.39 is 23.3 Å². The van der Waals surface area contributed by atoms with Gasteiger partial charge in [0.25, 0.3) is 0 Å². The van der Waals surface area contributed by atoms with Gasteiger partial charge >= 0.3 is 0 Å². The van der Waals surface area contributed by atoms with E-state index in [2.05, 4.69) is 17.0 Å². The van der Waals surface area contributed by atoms with E-state index in [-0.39, 0.29) is 18.2 Å². The Kier molecular flexibility index (Phi) is 6.80. The van der Waals surface area contributed by atoms with Gasteiger partial charge in [-0.15, -0.1) is 0 Å². The summed E-state index contributed by atoms with van der Waals surface area (Å²) < 4.78 is 0. The van der Waals surface area contributed by atoms with Gasteiger partial charge in [-0.3, -0.25) is 14.8 Å². The van der Waals surface area contributed by atoms with Crippen LogP contribution in [0.3, 0.4) is 0 Å². The third-order valence-corrected chi connectivity index (χ3v) is 6.27. The van der Waals surface area contributed by atoms with E-state index in [4.69, 9.17) is 0 Å². The number of benzene rings is 1. The van der Waals surface area contributed by atoms with E-state index in [0.29, 0.717) is 32.4 Å². The number of hydrogen-bond donors (Lipinski definition) is 3. The van der Waals surface area contributed by atoms with E-state index in [1.165, 1.54) is 0 Å². The first-order chi connectivity index (χ1) is 13.8. The number of amides is 2. The summed E-state index contributed by atoms with van der Waals surface area (Å²) in [6.45, 7) is 6.76. The molecule has 7 nitrogen and oxygen atoms in total. The van der Waals surface area contributed by atoms with Crippen LogP contribution in [-0.4, -0.2) is 58.8 Å². The molecule has 3 N–H and O–H groups in total. The van der Waals surface area contributed by atoms with Crippen LogP contribution in [0.25, 0.3) is 0 Å². The van der Waals surface area contributed by atoms with Crippen molar-refractivity contribution in [2.24, 2.45) is 17.8 Å². The van der Waals surface area contributed by atoms with Crippen LogP contribution in [0.5, 0.6) is 0 Å². The minimum Gasteiger partial charge on any atom is -0.390 e. The Morgan fingerprint density at radius 3 is 2.38 bits per heavy atom. The van der Waals surface area contributed by atoms with Crippen molar-refractivity contribution in [1.29, 1.82) is 0 Å². The molecular formula is C22H33N3O4. The Morgan fingerprint density at radius 1 is 1.14 bits per heavy atom. The summed E-state index contributed by atoms with van der Waals surface area (Å²) >= 11 is 0. The molecule has 1 saturated heterocycles. The van der Waals surface area contributed by atoms with Crippen molar-refractivity contribution in [3.63, 3.8) is 0 Å². The van der Waals surface area contributed by atoms with Crippen molar-refractivity contribution in [3.05, 3.63) is 30.3 Å². The zero-order valence-electron chi connectivity index (χ0n) is 17.4. The van der Waals surface area contributed by atoms with E-state index in [9.17, 15) is 19.9 Å². The van der Waals surface area contributed by atoms with Gasteiger partial charge in [-0.05, 0) is 43.7 Å². The summed E-state index contributed by atoms with van der Waals surface area (Å²) in [5, 5.41) is 20.1. The Hall–Kier alpha value is -2.12. The largest absolute Gasteiger partial charge is 0.390 e. The number of piperazine rings is 1. The third kappa shape index (κ3) is 5.08. The lowest BCUT2D eigenvalue weighted by atomic mass is 9.68. The molecule has 1 heterocycles. The predicted octanol–water partition coefficient (Wildman–Crippen LogP) is 2.03. The average Bonchev–Trinajstić information content (AvgIpc) is 2.72. The monoisotopic (exact) mass is 403 g/mol. The van der Waals surface area contributed by atoms with E-state index >= 15 is 0 Å². The average molecular weight is 404 g/mol. The minimum atomic E-state index is -0.964. The van der Waals surface area contributed by atoms with Gasteiger partial charge in [0.1, 0.15) is 0 Å². The van der Waals surface area contributed by atoms with Gasteiger partial charge in [0.2, 0.25) is 11.8 Å². The highest BCUT2D eigenvalue weighted by Crippen LogP contribution is 2.41. The van der Waals surface area contributed by atoms with Crippen LogP contribution in [-0.2, 0) is 9.59 Å². The fourth-order valence-electron chi connectivity index (χ4n) is 4.94. The number of aliphatic hydroxyl groups is 1. The number of carbonyl (C=O) groups excluding carboxylic acids is 2. The van der Waals surface area contributed by atoms with Crippen LogP contribution < -0.4 is 10.4 Å². The lowest BCUT2D eigenvalue weighted by Crippen LogP contribution is -2.55. The maximum Gasteiger partial charge on any atom is 0.247 e. The van der Waals surface area contributed by atoms with Gasteiger partial charge in [-0.2, -0.15) is 0 Å². The van der Waals surface area contributed by atoms with Crippen LogP contribution in [0.2, 0.25) is 0 Å². The fraction of sp³-hybridized carbons (Fsp3) is 0.636. The van der Waals surface area contributed by atoms with Crippen LogP contribution in [0.15, 0.2) is 30.3 Å². The lowest BCUT2D eigenvalue weighted by molar-refractivity contribution is -0.153. The molecule has 160 valence electrons. The number of para-hydroxylation sites is 1. The summed E-state index contributed by atoms with van der Waals surface area (Å²) in [7, 11) is 0. The molecule has 3 atom stereocenters. The van der Waals surface area contributed by atoms with Gasteiger partial charge in [-0.25, -0.2) is 5.48 Å². The normalized spacial score (nSPS) is 27.8. The molecule has 0 spiro atoms. The van der Waals surface area contributed by atoms with Gasteiger partial charge in [0, 0.05) is 31.9 Å². The van der Waals surface area contributed by atoms with Crippen molar-refractivity contribution < 1.29 is 19.9 Å². The molecule has 0 radical (unpaired) electrons. The molecule has 1 saturated carbocycles. The molecule has 3 rings (SSSR count). The van der Waals surface area contributed by atoms with Gasteiger partial charge < -0.3 is 14.9 Å². The number of anilines is 1. The highest BCUT2D eigenvalue weighted by molar-refractivity contribution is 5.87. The Morgan fingerprint density at radius 2 is 1.79 bits per heavy atom. The molecule has 1 aliphatic carbocycles. The maximum atomic E-state index is 13.2. The van der Waals surface area contributed by atoms with E-state index in [1.54, 1.807) is 5.48 Å². The third-order valence-electron chi connectivity index (χ3n) is 6.27. The van der Waals surface area contributed by atoms with Gasteiger partial charge in [0.05, 0.1) is 17.4 Å². The molecule has 2 aliphatic rings. The molecule has 0 bridgehead atoms. The minimum absolute atomic E-state index is 0.0436. The summed E-state index contributed by atoms with van der Waals surface area (Å²) in [5.74, 6) is -1.54. The second-order valence-electron chi connectivity index (χ2n) is 8.90. The highest BCUT2D eigenvalue weighted by atomic mass is 16.5. The molecule has 1 aromatic carbocycles. The van der Waals surface area contributed by atoms with Crippen LogP contribution >= 0.6 is 0 Å². The van der Waals surface area contributed by atoms with Crippen molar-refractivity contribution in [2.75, 3.05) is 31.1 Å². The zero-order valence-corrected chi connectivity index (χ0v) is 17.4. The first-order valence-electron chi connectivity index (χ1n) is 10.6. The Bertz CT molecular complexity index is 703. The number of hydroxylamine groups is 1. The standard InChI is InChI=1S/C22H33N3O4/c1-16(2)14-22(28)9-8-18(19(15-22)20(26)23-29)21(27)25-12-10-24(11-13-25)17-6-4-3-5-7-17/h3-7,16,18-19,28-29H,8-15H2,1-2H3,(H,23,26). The molecule has 29 heavy (non-hydrogen) atoms. The van der Waals surface area contributed by atoms with Gasteiger partial charge in [-0.1, -0.05) is 32.0 Å². The van der Waals surface area contributed by atoms with Crippen molar-refractivity contribution in [3.8, 4) is 0 Å². The van der Waals surface area contributed by atoms with E-state index in [0.717, 1.165) is 18.8 Å². The second kappa shape index (κ2) is 9.13. The fourth-order valence-corrected chi connectivity index (χ4v) is 4.94. The summed E-state index contributed by atoms with van der Waals surface area (Å²) in [5.41, 5.74) is 1.90. The molecule has 0 aromatic heterocycles. The molecule has 2 amide bonds. The van der Waals surface area contributed by atoms with Crippen LogP contribution in [0.1, 0.15) is 39.5 Å². The number of rotatable bonds is 5. The van der Waals surface area contributed by atoms with Crippen LogP contribution in [0.4, 0.5) is 5.69 Å². The number of hydrogen-bond acceptors (Lipinski definition) is 5. The molecule has 7 heteroatoms. The maximum absolute atomic E-state index is 13.2. The molecule has 1 aromatic rings. The number of nitrogens with zero attached hydrogens (tertiary/aromatic N) is 2. The molecule has 2 fully saturated rings. The lowest BCUT2D eigenvalue weighted by Gasteiger charge is -2.43. The van der Waals surface area contributed by atoms with Crippen molar-refractivity contribution in [2.45, 2.75) is 45.1 Å². The number of nitrogens with one attached hydrogen (secondary N) is 1. The van der Waals surface area contributed by atoms with Crippen molar-refractivity contribution in [1.82, 2.24) is 10.4 Å². The molecular weight excluding hydrogens is 370 g/mol. The summed E-state index contributed by atoms with van der Waals surface area (Å²) in [6.07, 6.45) is 1.75. The molecule has 3 unspecified atom stereocenters. The van der Waals surface area contributed by atoms with Crippen LogP contribution in [0, 0.1) is 17.8 Å². The quantitative estimate of drug-likeness (QED) is 0.517.